The Balaban J connectivity index is 5.24. The molecule has 0 aromatic rings. The van der Waals surface area contributed by atoms with E-state index in [4.69, 9.17) is 11.5 Å². The van der Waals surface area contributed by atoms with Gasteiger partial charge in [-0.25, -0.2) is 0 Å². The van der Waals surface area contributed by atoms with Gasteiger partial charge in [0.2, 0.25) is 11.8 Å². The molecule has 106 valence electrons. The lowest BCUT2D eigenvalue weighted by atomic mass is 10.00. The third kappa shape index (κ3) is 5.01. The quantitative estimate of drug-likeness (QED) is 0.569. The number of nitrogens with one attached hydrogen (secondary N) is 1. The number of nitrogens with zero attached hydrogens (tertiary/aromatic N) is 1. The smallest absolute Gasteiger partial charge is 0.236 e. The number of carbonyl (C=O) groups excluding carboxylic acids is 2. The van der Waals surface area contributed by atoms with Crippen LogP contribution in [-0.4, -0.2) is 47.4 Å². The highest BCUT2D eigenvalue weighted by Crippen LogP contribution is 2.09. The van der Waals surface area contributed by atoms with Crippen molar-refractivity contribution in [2.24, 2.45) is 11.5 Å². The Bertz CT molecular complexity index is 295. The van der Waals surface area contributed by atoms with Crippen LogP contribution in [-0.2, 0) is 9.59 Å². The van der Waals surface area contributed by atoms with Gasteiger partial charge in [-0.3, -0.25) is 19.8 Å². The van der Waals surface area contributed by atoms with E-state index in [1.165, 1.54) is 0 Å². The zero-order valence-electron chi connectivity index (χ0n) is 12.0. The Morgan fingerprint density at radius 2 is 1.56 bits per heavy atom. The van der Waals surface area contributed by atoms with Crippen LogP contribution in [0.25, 0.3) is 0 Å². The van der Waals surface area contributed by atoms with E-state index < -0.39 is 23.9 Å². The van der Waals surface area contributed by atoms with Gasteiger partial charge in [-0.05, 0) is 33.9 Å². The minimum absolute atomic E-state index is 0.333. The topological polar surface area (TPSA) is 101 Å². The highest BCUT2D eigenvalue weighted by molar-refractivity contribution is 5.91. The summed E-state index contributed by atoms with van der Waals surface area (Å²) in [5, 5.41) is 3.07. The maximum Gasteiger partial charge on any atom is 0.236 e. The van der Waals surface area contributed by atoms with E-state index in [1.807, 2.05) is 39.5 Å². The van der Waals surface area contributed by atoms with Crippen LogP contribution in [0.5, 0.6) is 0 Å². The minimum Gasteiger partial charge on any atom is -0.368 e. The molecule has 0 aromatic carbocycles. The number of likely N-dealkylation sites (N-methyl/N-ethyl adjacent to an activating group) is 1. The summed E-state index contributed by atoms with van der Waals surface area (Å²) in [6.07, 6.45) is 0. The van der Waals surface area contributed by atoms with Gasteiger partial charge in [0.1, 0.15) is 12.1 Å². The van der Waals surface area contributed by atoms with Crippen molar-refractivity contribution < 1.29 is 9.59 Å². The van der Waals surface area contributed by atoms with Crippen molar-refractivity contribution >= 4 is 11.8 Å². The van der Waals surface area contributed by atoms with Crippen molar-refractivity contribution in [3.63, 3.8) is 0 Å². The molecule has 0 spiro atoms. The second-order valence-corrected chi connectivity index (χ2v) is 5.34. The molecule has 0 aromatic heterocycles. The first-order valence-corrected chi connectivity index (χ1v) is 6.24. The SMILES string of the molecule is CCN(CC)C(C(N)=O)C(NC(C)(C)C)C(N)=O. The Labute approximate surface area is 109 Å². The molecule has 0 saturated heterocycles. The fourth-order valence-electron chi connectivity index (χ4n) is 1.94. The van der Waals surface area contributed by atoms with E-state index in [0.717, 1.165) is 0 Å². The van der Waals surface area contributed by atoms with E-state index in [9.17, 15) is 9.59 Å². The van der Waals surface area contributed by atoms with Crippen molar-refractivity contribution in [2.45, 2.75) is 52.2 Å². The molecule has 0 saturated carbocycles. The van der Waals surface area contributed by atoms with Gasteiger partial charge in [-0.1, -0.05) is 13.8 Å². The monoisotopic (exact) mass is 258 g/mol. The summed E-state index contributed by atoms with van der Waals surface area (Å²) in [7, 11) is 0. The third-order valence-electron chi connectivity index (χ3n) is 2.71. The highest BCUT2D eigenvalue weighted by Gasteiger charge is 2.36. The normalized spacial score (nSPS) is 15.4. The summed E-state index contributed by atoms with van der Waals surface area (Å²) in [6, 6.07) is -1.51. The third-order valence-corrected chi connectivity index (χ3v) is 2.71. The van der Waals surface area contributed by atoms with E-state index >= 15 is 0 Å². The van der Waals surface area contributed by atoms with Crippen LogP contribution in [0.1, 0.15) is 34.6 Å². The van der Waals surface area contributed by atoms with Crippen molar-refractivity contribution in [2.75, 3.05) is 13.1 Å². The first-order chi connectivity index (χ1) is 8.14. The van der Waals surface area contributed by atoms with Gasteiger partial charge in [0.05, 0.1) is 0 Å². The van der Waals surface area contributed by atoms with Crippen LogP contribution in [0.3, 0.4) is 0 Å². The number of carbonyl (C=O) groups is 2. The van der Waals surface area contributed by atoms with Gasteiger partial charge >= 0.3 is 0 Å². The van der Waals surface area contributed by atoms with Crippen molar-refractivity contribution in [1.82, 2.24) is 10.2 Å². The summed E-state index contributed by atoms with van der Waals surface area (Å²) < 4.78 is 0. The van der Waals surface area contributed by atoms with Crippen LogP contribution >= 0.6 is 0 Å². The Hall–Kier alpha value is -1.14. The number of nitrogens with two attached hydrogens (primary N) is 2. The Kier molecular flexibility index (Phi) is 6.28. The van der Waals surface area contributed by atoms with Crippen LogP contribution in [0.2, 0.25) is 0 Å². The molecule has 0 rings (SSSR count). The lowest BCUT2D eigenvalue weighted by Gasteiger charge is -2.36. The first kappa shape index (κ1) is 16.9. The summed E-state index contributed by atoms with van der Waals surface area (Å²) in [5.74, 6) is -1.11. The molecule has 2 amide bonds. The molecule has 0 fully saturated rings. The predicted molar refractivity (Wildman–Crippen MR) is 71.8 cm³/mol. The molecular formula is C12H26N4O2. The molecule has 0 aliphatic heterocycles. The van der Waals surface area contributed by atoms with Crippen molar-refractivity contribution in [1.29, 1.82) is 0 Å². The number of hydrogen-bond donors (Lipinski definition) is 3. The first-order valence-electron chi connectivity index (χ1n) is 6.24. The second kappa shape index (κ2) is 6.70. The lowest BCUT2D eigenvalue weighted by Crippen LogP contribution is -2.64. The minimum atomic E-state index is -0.789. The largest absolute Gasteiger partial charge is 0.368 e. The maximum absolute atomic E-state index is 11.6. The molecule has 0 aliphatic carbocycles. The summed E-state index contributed by atoms with van der Waals surface area (Å²) in [4.78, 5) is 25.0. The molecule has 18 heavy (non-hydrogen) atoms. The number of primary amides is 2. The van der Waals surface area contributed by atoms with Gasteiger partial charge in [-0.15, -0.1) is 0 Å². The molecular weight excluding hydrogens is 232 g/mol. The molecule has 0 radical (unpaired) electrons. The van der Waals surface area contributed by atoms with Crippen molar-refractivity contribution in [3.05, 3.63) is 0 Å². The van der Waals surface area contributed by atoms with Crippen LogP contribution in [0.15, 0.2) is 0 Å². The van der Waals surface area contributed by atoms with E-state index in [-0.39, 0.29) is 5.54 Å². The average molecular weight is 258 g/mol. The summed E-state index contributed by atoms with van der Waals surface area (Å²) in [6.45, 7) is 10.8. The maximum atomic E-state index is 11.6. The lowest BCUT2D eigenvalue weighted by molar-refractivity contribution is -0.131. The van der Waals surface area contributed by atoms with Crippen molar-refractivity contribution in [3.8, 4) is 0 Å². The number of amides is 2. The van der Waals surface area contributed by atoms with E-state index in [0.29, 0.717) is 13.1 Å². The standard InChI is InChI=1S/C12H26N4O2/c1-6-16(7-2)9(11(14)18)8(10(13)17)15-12(3,4)5/h8-9,15H,6-7H2,1-5H3,(H2,13,17)(H2,14,18). The zero-order valence-corrected chi connectivity index (χ0v) is 12.0. The van der Waals surface area contributed by atoms with Crippen LogP contribution in [0.4, 0.5) is 0 Å². The van der Waals surface area contributed by atoms with E-state index in [2.05, 4.69) is 5.32 Å². The molecule has 2 atom stereocenters. The second-order valence-electron chi connectivity index (χ2n) is 5.34. The molecule has 6 heteroatoms. The Morgan fingerprint density at radius 3 is 1.78 bits per heavy atom. The van der Waals surface area contributed by atoms with Gasteiger partial charge < -0.3 is 11.5 Å². The van der Waals surface area contributed by atoms with Gasteiger partial charge in [0, 0.05) is 5.54 Å². The molecule has 2 unspecified atom stereocenters. The Morgan fingerprint density at radius 1 is 1.11 bits per heavy atom. The van der Waals surface area contributed by atoms with E-state index in [1.54, 1.807) is 0 Å². The fourth-order valence-corrected chi connectivity index (χ4v) is 1.94. The number of hydrogen-bond acceptors (Lipinski definition) is 4. The summed E-state index contributed by atoms with van der Waals surface area (Å²) >= 11 is 0. The van der Waals surface area contributed by atoms with Crippen LogP contribution in [0, 0.1) is 0 Å². The molecule has 0 aliphatic rings. The van der Waals surface area contributed by atoms with Gasteiger partial charge in [0.15, 0.2) is 0 Å². The van der Waals surface area contributed by atoms with Crippen LogP contribution < -0.4 is 16.8 Å². The molecule has 0 bridgehead atoms. The highest BCUT2D eigenvalue weighted by atomic mass is 16.2. The summed E-state index contributed by atoms with van der Waals surface area (Å²) in [5.41, 5.74) is 10.5. The fraction of sp³-hybridized carbons (Fsp3) is 0.833. The van der Waals surface area contributed by atoms with Gasteiger partial charge in [0.25, 0.3) is 0 Å². The molecule has 6 nitrogen and oxygen atoms in total. The number of rotatable bonds is 7. The molecule has 5 N–H and O–H groups in total. The zero-order chi connectivity index (χ0) is 14.5. The molecule has 0 heterocycles. The predicted octanol–water partition coefficient (Wildman–Crippen LogP) is -0.576. The average Bonchev–Trinajstić information content (AvgIpc) is 2.20. The van der Waals surface area contributed by atoms with Gasteiger partial charge in [-0.2, -0.15) is 0 Å².